The topological polar surface area (TPSA) is 73.5 Å². The molecule has 1 aromatic rings. The summed E-state index contributed by atoms with van der Waals surface area (Å²) in [6, 6.07) is 2.05. The van der Waals surface area contributed by atoms with Gasteiger partial charge in [0.15, 0.2) is 0 Å². The number of hydrogen-bond acceptors (Lipinski definition) is 6. The third-order valence-corrected chi connectivity index (χ3v) is 3.24. The highest BCUT2D eigenvalue weighted by Crippen LogP contribution is 2.19. The van der Waals surface area contributed by atoms with Gasteiger partial charge in [-0.2, -0.15) is 0 Å². The summed E-state index contributed by atoms with van der Waals surface area (Å²) in [6.07, 6.45) is 2.53. The lowest BCUT2D eigenvalue weighted by molar-refractivity contribution is 0.0728. The summed E-state index contributed by atoms with van der Waals surface area (Å²) in [5.74, 6) is 0.908. The van der Waals surface area contributed by atoms with Gasteiger partial charge in [0.05, 0.1) is 18.4 Å². The standard InChI is InChI=1S/C12H20N4O2/c1-17-7-9-5-12(15-8-14-9)16-4-3-10(13)11(6-16)18-2/h5,8,10-11H,3-4,6-7,13H2,1-2H3/t10-,11+/m1/s1. The van der Waals surface area contributed by atoms with Crippen molar-refractivity contribution >= 4 is 5.82 Å². The minimum Gasteiger partial charge on any atom is -0.378 e. The van der Waals surface area contributed by atoms with Gasteiger partial charge in [0.25, 0.3) is 0 Å². The lowest BCUT2D eigenvalue weighted by atomic mass is 10.0. The molecule has 100 valence electrons. The Kier molecular flexibility index (Phi) is 4.46. The number of aromatic nitrogens is 2. The minimum absolute atomic E-state index is 0.0552. The maximum Gasteiger partial charge on any atom is 0.132 e. The van der Waals surface area contributed by atoms with Gasteiger partial charge in [-0.05, 0) is 6.42 Å². The summed E-state index contributed by atoms with van der Waals surface area (Å²) in [4.78, 5) is 10.6. The zero-order chi connectivity index (χ0) is 13.0. The molecule has 0 aromatic carbocycles. The highest BCUT2D eigenvalue weighted by Gasteiger charge is 2.27. The fourth-order valence-corrected chi connectivity index (χ4v) is 2.18. The van der Waals surface area contributed by atoms with Gasteiger partial charge in [-0.3, -0.25) is 0 Å². The van der Waals surface area contributed by atoms with Crippen LogP contribution in [0.4, 0.5) is 5.82 Å². The van der Waals surface area contributed by atoms with E-state index in [1.807, 2.05) is 6.07 Å². The lowest BCUT2D eigenvalue weighted by Crippen LogP contribution is -2.51. The van der Waals surface area contributed by atoms with Crippen LogP contribution in [0.3, 0.4) is 0 Å². The Morgan fingerprint density at radius 1 is 1.44 bits per heavy atom. The van der Waals surface area contributed by atoms with Crippen molar-refractivity contribution in [1.29, 1.82) is 0 Å². The first kappa shape index (κ1) is 13.2. The fourth-order valence-electron chi connectivity index (χ4n) is 2.18. The Morgan fingerprint density at radius 3 is 3.00 bits per heavy atom. The Balaban J connectivity index is 2.09. The van der Waals surface area contributed by atoms with E-state index in [2.05, 4.69) is 14.9 Å². The second-order valence-corrected chi connectivity index (χ2v) is 4.47. The van der Waals surface area contributed by atoms with Crippen molar-refractivity contribution < 1.29 is 9.47 Å². The normalized spacial score (nSPS) is 24.3. The van der Waals surface area contributed by atoms with Crippen LogP contribution in [0.25, 0.3) is 0 Å². The van der Waals surface area contributed by atoms with Crippen molar-refractivity contribution in [2.24, 2.45) is 5.73 Å². The van der Waals surface area contributed by atoms with E-state index in [4.69, 9.17) is 15.2 Å². The molecular formula is C12H20N4O2. The van der Waals surface area contributed by atoms with Crippen LogP contribution in [0.15, 0.2) is 12.4 Å². The van der Waals surface area contributed by atoms with Crippen LogP contribution < -0.4 is 10.6 Å². The highest BCUT2D eigenvalue weighted by molar-refractivity contribution is 5.39. The SMILES string of the molecule is COCc1cc(N2CC[C@@H](N)[C@@H](OC)C2)ncn1. The molecule has 6 heteroatoms. The van der Waals surface area contributed by atoms with Crippen LogP contribution in [0, 0.1) is 0 Å². The predicted molar refractivity (Wildman–Crippen MR) is 68.3 cm³/mol. The number of hydrogen-bond donors (Lipinski definition) is 1. The third-order valence-electron chi connectivity index (χ3n) is 3.24. The van der Waals surface area contributed by atoms with E-state index in [9.17, 15) is 0 Å². The second kappa shape index (κ2) is 6.08. The van der Waals surface area contributed by atoms with E-state index in [0.717, 1.165) is 31.0 Å². The van der Waals surface area contributed by atoms with Gasteiger partial charge in [-0.25, -0.2) is 9.97 Å². The van der Waals surface area contributed by atoms with E-state index in [1.54, 1.807) is 20.5 Å². The molecular weight excluding hydrogens is 232 g/mol. The molecule has 0 bridgehead atoms. The van der Waals surface area contributed by atoms with E-state index in [1.165, 1.54) is 0 Å². The Labute approximate surface area is 107 Å². The highest BCUT2D eigenvalue weighted by atomic mass is 16.5. The number of methoxy groups -OCH3 is 2. The van der Waals surface area contributed by atoms with Gasteiger partial charge >= 0.3 is 0 Å². The van der Waals surface area contributed by atoms with Crippen molar-refractivity contribution in [2.45, 2.75) is 25.2 Å². The van der Waals surface area contributed by atoms with Crippen molar-refractivity contribution in [3.05, 3.63) is 18.1 Å². The summed E-state index contributed by atoms with van der Waals surface area (Å²) < 4.78 is 10.5. The third kappa shape index (κ3) is 2.95. The van der Waals surface area contributed by atoms with Crippen LogP contribution in [0.2, 0.25) is 0 Å². The van der Waals surface area contributed by atoms with Gasteiger partial charge in [0.1, 0.15) is 12.1 Å². The van der Waals surface area contributed by atoms with Gasteiger partial charge in [-0.1, -0.05) is 0 Å². The van der Waals surface area contributed by atoms with Gasteiger partial charge in [-0.15, -0.1) is 0 Å². The number of anilines is 1. The van der Waals surface area contributed by atoms with Crippen LogP contribution >= 0.6 is 0 Å². The van der Waals surface area contributed by atoms with Crippen LogP contribution in [0.5, 0.6) is 0 Å². The first-order chi connectivity index (χ1) is 8.74. The van der Waals surface area contributed by atoms with E-state index in [0.29, 0.717) is 6.61 Å². The molecule has 0 radical (unpaired) electrons. The molecule has 2 rings (SSSR count). The maximum absolute atomic E-state index is 6.00. The van der Waals surface area contributed by atoms with Crippen LogP contribution in [-0.4, -0.2) is 49.4 Å². The average Bonchev–Trinajstić information content (AvgIpc) is 2.40. The zero-order valence-corrected chi connectivity index (χ0v) is 10.9. The molecule has 2 atom stereocenters. The number of piperidine rings is 1. The summed E-state index contributed by atoms with van der Waals surface area (Å²) in [7, 11) is 3.35. The maximum atomic E-state index is 6.00. The van der Waals surface area contributed by atoms with Crippen LogP contribution in [-0.2, 0) is 16.1 Å². The first-order valence-corrected chi connectivity index (χ1v) is 6.07. The van der Waals surface area contributed by atoms with E-state index >= 15 is 0 Å². The van der Waals surface area contributed by atoms with Crippen LogP contribution in [0.1, 0.15) is 12.1 Å². The van der Waals surface area contributed by atoms with Crippen molar-refractivity contribution in [3.63, 3.8) is 0 Å². The molecule has 1 saturated heterocycles. The molecule has 0 saturated carbocycles. The minimum atomic E-state index is 0.0552. The average molecular weight is 252 g/mol. The summed E-state index contributed by atoms with van der Waals surface area (Å²) >= 11 is 0. The second-order valence-electron chi connectivity index (χ2n) is 4.47. The molecule has 0 spiro atoms. The smallest absolute Gasteiger partial charge is 0.132 e. The summed E-state index contributed by atoms with van der Waals surface area (Å²) in [6.45, 7) is 2.15. The van der Waals surface area contributed by atoms with Gasteiger partial charge in [0.2, 0.25) is 0 Å². The van der Waals surface area contributed by atoms with Crippen molar-refractivity contribution in [2.75, 3.05) is 32.2 Å². The molecule has 2 heterocycles. The molecule has 0 amide bonds. The zero-order valence-electron chi connectivity index (χ0n) is 10.9. The monoisotopic (exact) mass is 252 g/mol. The summed E-state index contributed by atoms with van der Waals surface area (Å²) in [5, 5.41) is 0. The van der Waals surface area contributed by atoms with E-state index in [-0.39, 0.29) is 12.1 Å². The quantitative estimate of drug-likeness (QED) is 0.824. The number of rotatable bonds is 4. The van der Waals surface area contributed by atoms with Crippen molar-refractivity contribution in [3.8, 4) is 0 Å². The largest absolute Gasteiger partial charge is 0.378 e. The molecule has 1 aromatic heterocycles. The Hall–Kier alpha value is -1.24. The molecule has 0 aliphatic carbocycles. The van der Waals surface area contributed by atoms with Crippen molar-refractivity contribution in [1.82, 2.24) is 9.97 Å². The molecule has 0 unspecified atom stereocenters. The number of ether oxygens (including phenoxy) is 2. The Bertz CT molecular complexity index is 388. The molecule has 1 aliphatic heterocycles. The first-order valence-electron chi connectivity index (χ1n) is 6.07. The molecule has 6 nitrogen and oxygen atoms in total. The lowest BCUT2D eigenvalue weighted by Gasteiger charge is -2.36. The molecule has 1 fully saturated rings. The van der Waals surface area contributed by atoms with Gasteiger partial charge < -0.3 is 20.1 Å². The Morgan fingerprint density at radius 2 is 2.28 bits per heavy atom. The summed E-state index contributed by atoms with van der Waals surface area (Å²) in [5.41, 5.74) is 6.88. The molecule has 18 heavy (non-hydrogen) atoms. The van der Waals surface area contributed by atoms with E-state index < -0.39 is 0 Å². The molecule has 2 N–H and O–H groups in total. The van der Waals surface area contributed by atoms with Gasteiger partial charge in [0, 0.05) is 39.4 Å². The fraction of sp³-hybridized carbons (Fsp3) is 0.667. The number of nitrogens with zero attached hydrogens (tertiary/aromatic N) is 3. The number of nitrogens with two attached hydrogens (primary N) is 1. The predicted octanol–water partition coefficient (Wildman–Crippen LogP) is 0.175. The molecule has 1 aliphatic rings.